The molecule has 2 aliphatic rings. The molecule has 3 atom stereocenters. The fraction of sp³-hybridized carbons (Fsp3) is 0.889. The van der Waals surface area contributed by atoms with Crippen LogP contribution in [0.15, 0.2) is 0 Å². The highest BCUT2D eigenvalue weighted by Gasteiger charge is 2.35. The van der Waals surface area contributed by atoms with E-state index < -0.39 is 5.97 Å². The zero-order chi connectivity index (χ0) is 9.26. The summed E-state index contributed by atoms with van der Waals surface area (Å²) in [5.41, 5.74) is 0. The quantitative estimate of drug-likeness (QED) is 0.646. The molecule has 0 aliphatic carbocycles. The number of aliphatic carboxylic acids is 1. The van der Waals surface area contributed by atoms with E-state index in [0.29, 0.717) is 12.0 Å². The molecule has 2 fully saturated rings. The summed E-state index contributed by atoms with van der Waals surface area (Å²) in [5.74, 6) is -0.330. The van der Waals surface area contributed by atoms with Gasteiger partial charge in [-0.1, -0.05) is 0 Å². The Morgan fingerprint density at radius 1 is 1.54 bits per heavy atom. The monoisotopic (exact) mass is 185 g/mol. The maximum absolute atomic E-state index is 10.7. The molecule has 0 spiro atoms. The first-order valence-electron chi connectivity index (χ1n) is 4.85. The number of nitrogens with one attached hydrogen (secondary N) is 1. The SMILES string of the molecule is O=C(O)C1CC(C2CCCO2)CN1. The predicted octanol–water partition coefficient (Wildman–Crippen LogP) is 0.228. The van der Waals surface area contributed by atoms with Crippen molar-refractivity contribution in [3.8, 4) is 0 Å². The number of ether oxygens (including phenoxy) is 1. The number of carboxylic acids is 1. The second-order valence-electron chi connectivity index (χ2n) is 3.85. The molecule has 0 aromatic rings. The second kappa shape index (κ2) is 3.64. The lowest BCUT2D eigenvalue weighted by Crippen LogP contribution is -2.30. The van der Waals surface area contributed by atoms with E-state index in [2.05, 4.69) is 5.32 Å². The summed E-state index contributed by atoms with van der Waals surface area (Å²) in [6, 6.07) is -0.353. The fourth-order valence-corrected chi connectivity index (χ4v) is 2.21. The Labute approximate surface area is 77.3 Å². The Morgan fingerprint density at radius 3 is 2.92 bits per heavy atom. The fourth-order valence-electron chi connectivity index (χ4n) is 2.21. The molecule has 3 unspecified atom stereocenters. The molecule has 74 valence electrons. The van der Waals surface area contributed by atoms with Crippen molar-refractivity contribution in [2.24, 2.45) is 5.92 Å². The van der Waals surface area contributed by atoms with Crippen molar-refractivity contribution in [1.82, 2.24) is 5.32 Å². The van der Waals surface area contributed by atoms with Gasteiger partial charge in [-0.25, -0.2) is 0 Å². The van der Waals surface area contributed by atoms with Gasteiger partial charge in [-0.3, -0.25) is 4.79 Å². The summed E-state index contributed by atoms with van der Waals surface area (Å²) in [6.45, 7) is 1.64. The number of carboxylic acid groups (broad SMARTS) is 1. The van der Waals surface area contributed by atoms with Crippen LogP contribution < -0.4 is 5.32 Å². The molecule has 0 radical (unpaired) electrons. The Kier molecular flexibility index (Phi) is 2.51. The summed E-state index contributed by atoms with van der Waals surface area (Å²) in [7, 11) is 0. The zero-order valence-electron chi connectivity index (χ0n) is 7.53. The van der Waals surface area contributed by atoms with Gasteiger partial charge in [0.25, 0.3) is 0 Å². The van der Waals surface area contributed by atoms with E-state index >= 15 is 0 Å². The van der Waals surface area contributed by atoms with Crippen molar-refractivity contribution in [2.75, 3.05) is 13.2 Å². The maximum Gasteiger partial charge on any atom is 0.320 e. The summed E-state index contributed by atoms with van der Waals surface area (Å²) >= 11 is 0. The van der Waals surface area contributed by atoms with Gasteiger partial charge in [0.15, 0.2) is 0 Å². The molecule has 2 heterocycles. The van der Waals surface area contributed by atoms with E-state index in [-0.39, 0.29) is 6.04 Å². The van der Waals surface area contributed by atoms with Crippen LogP contribution >= 0.6 is 0 Å². The van der Waals surface area contributed by atoms with Crippen LogP contribution in [0.1, 0.15) is 19.3 Å². The molecule has 0 aromatic carbocycles. The first-order valence-corrected chi connectivity index (χ1v) is 4.85. The molecule has 2 saturated heterocycles. The van der Waals surface area contributed by atoms with Gasteiger partial charge in [-0.05, 0) is 25.2 Å². The van der Waals surface area contributed by atoms with Crippen LogP contribution in [-0.2, 0) is 9.53 Å². The predicted molar refractivity (Wildman–Crippen MR) is 46.5 cm³/mol. The van der Waals surface area contributed by atoms with E-state index in [1.807, 2.05) is 0 Å². The van der Waals surface area contributed by atoms with Gasteiger partial charge in [0.2, 0.25) is 0 Å². The normalized spacial score (nSPS) is 39.5. The first kappa shape index (κ1) is 8.97. The van der Waals surface area contributed by atoms with Crippen LogP contribution in [0.25, 0.3) is 0 Å². The standard InChI is InChI=1S/C9H15NO3/c11-9(12)7-4-6(5-10-7)8-2-1-3-13-8/h6-8,10H,1-5H2,(H,11,12). The van der Waals surface area contributed by atoms with Crippen molar-refractivity contribution in [3.05, 3.63) is 0 Å². The third-order valence-electron chi connectivity index (χ3n) is 2.95. The highest BCUT2D eigenvalue weighted by Crippen LogP contribution is 2.26. The Balaban J connectivity index is 1.86. The molecule has 2 N–H and O–H groups in total. The van der Waals surface area contributed by atoms with Crippen LogP contribution in [0, 0.1) is 5.92 Å². The highest BCUT2D eigenvalue weighted by atomic mass is 16.5. The summed E-state index contributed by atoms with van der Waals surface area (Å²) in [5, 5.41) is 11.8. The molecule has 4 nitrogen and oxygen atoms in total. The second-order valence-corrected chi connectivity index (χ2v) is 3.85. The Morgan fingerprint density at radius 2 is 2.38 bits per heavy atom. The van der Waals surface area contributed by atoms with Crippen molar-refractivity contribution < 1.29 is 14.6 Å². The number of hydrogen-bond donors (Lipinski definition) is 2. The minimum Gasteiger partial charge on any atom is -0.480 e. The molecule has 0 aromatic heterocycles. The van der Waals surface area contributed by atoms with Gasteiger partial charge in [0.1, 0.15) is 6.04 Å². The van der Waals surface area contributed by atoms with Crippen molar-refractivity contribution in [3.63, 3.8) is 0 Å². The lowest BCUT2D eigenvalue weighted by atomic mass is 9.97. The smallest absolute Gasteiger partial charge is 0.320 e. The maximum atomic E-state index is 10.7. The van der Waals surface area contributed by atoms with E-state index in [1.165, 1.54) is 0 Å². The van der Waals surface area contributed by atoms with Crippen LogP contribution in [0.5, 0.6) is 0 Å². The van der Waals surface area contributed by atoms with Gasteiger partial charge in [0.05, 0.1) is 6.10 Å². The molecule has 0 bridgehead atoms. The first-order chi connectivity index (χ1) is 6.27. The lowest BCUT2D eigenvalue weighted by Gasteiger charge is -2.15. The average Bonchev–Trinajstić information content (AvgIpc) is 2.75. The summed E-state index contributed by atoms with van der Waals surface area (Å²) in [6.07, 6.45) is 3.24. The van der Waals surface area contributed by atoms with E-state index in [4.69, 9.17) is 9.84 Å². The van der Waals surface area contributed by atoms with Gasteiger partial charge < -0.3 is 15.2 Å². The van der Waals surface area contributed by atoms with Crippen LogP contribution in [0.4, 0.5) is 0 Å². The summed E-state index contributed by atoms with van der Waals surface area (Å²) < 4.78 is 5.53. The van der Waals surface area contributed by atoms with E-state index in [1.54, 1.807) is 0 Å². The topological polar surface area (TPSA) is 58.6 Å². The minimum absolute atomic E-state index is 0.303. The van der Waals surface area contributed by atoms with Gasteiger partial charge in [-0.2, -0.15) is 0 Å². The van der Waals surface area contributed by atoms with Crippen LogP contribution in [-0.4, -0.2) is 36.4 Å². The average molecular weight is 185 g/mol. The third-order valence-corrected chi connectivity index (χ3v) is 2.95. The van der Waals surface area contributed by atoms with Gasteiger partial charge in [-0.15, -0.1) is 0 Å². The Bertz CT molecular complexity index is 201. The summed E-state index contributed by atoms with van der Waals surface area (Å²) in [4.78, 5) is 10.7. The molecular weight excluding hydrogens is 170 g/mol. The van der Waals surface area contributed by atoms with Crippen LogP contribution in [0.2, 0.25) is 0 Å². The number of rotatable bonds is 2. The third kappa shape index (κ3) is 1.84. The molecule has 4 heteroatoms. The van der Waals surface area contributed by atoms with Crippen molar-refractivity contribution in [2.45, 2.75) is 31.4 Å². The van der Waals surface area contributed by atoms with Gasteiger partial charge >= 0.3 is 5.97 Å². The number of hydrogen-bond acceptors (Lipinski definition) is 3. The largest absolute Gasteiger partial charge is 0.480 e. The molecule has 13 heavy (non-hydrogen) atoms. The highest BCUT2D eigenvalue weighted by molar-refractivity contribution is 5.73. The molecular formula is C9H15NO3. The van der Waals surface area contributed by atoms with E-state index in [9.17, 15) is 4.79 Å². The lowest BCUT2D eigenvalue weighted by molar-refractivity contribution is -0.139. The van der Waals surface area contributed by atoms with Crippen molar-refractivity contribution >= 4 is 5.97 Å². The molecule has 0 saturated carbocycles. The van der Waals surface area contributed by atoms with Gasteiger partial charge in [0, 0.05) is 13.2 Å². The minimum atomic E-state index is -0.736. The Hall–Kier alpha value is -0.610. The molecule has 2 rings (SSSR count). The zero-order valence-corrected chi connectivity index (χ0v) is 7.53. The molecule has 2 aliphatic heterocycles. The van der Waals surface area contributed by atoms with Crippen LogP contribution in [0.3, 0.4) is 0 Å². The molecule has 0 amide bonds. The number of carbonyl (C=O) groups is 1. The van der Waals surface area contributed by atoms with E-state index in [0.717, 1.165) is 32.4 Å². The van der Waals surface area contributed by atoms with Crippen molar-refractivity contribution in [1.29, 1.82) is 0 Å².